The van der Waals surface area contributed by atoms with Crippen LogP contribution in [0.3, 0.4) is 0 Å². The SMILES string of the molecule is O=[C]OCC(O)C(O)CO. The fraction of sp³-hybridized carbons (Fsp3) is 0.800. The molecule has 0 bridgehead atoms. The summed E-state index contributed by atoms with van der Waals surface area (Å²) in [6.45, 7) is 0.153. The van der Waals surface area contributed by atoms with Crippen molar-refractivity contribution in [2.45, 2.75) is 12.2 Å². The molecular weight excluding hydrogens is 140 g/mol. The van der Waals surface area contributed by atoms with Crippen molar-refractivity contribution >= 4 is 6.47 Å². The largest absolute Gasteiger partial charge is 0.454 e. The minimum atomic E-state index is -1.27. The molecule has 0 saturated heterocycles. The molecule has 0 fully saturated rings. The fourth-order valence-corrected chi connectivity index (χ4v) is 0.352. The smallest absolute Gasteiger partial charge is 0.417 e. The fourth-order valence-electron chi connectivity index (χ4n) is 0.352. The van der Waals surface area contributed by atoms with Gasteiger partial charge in [-0.05, 0) is 0 Å². The molecule has 0 aliphatic rings. The average molecular weight is 149 g/mol. The lowest BCUT2D eigenvalue weighted by molar-refractivity contribution is -0.0364. The van der Waals surface area contributed by atoms with Crippen LogP contribution >= 0.6 is 0 Å². The quantitative estimate of drug-likeness (QED) is 0.412. The summed E-state index contributed by atoms with van der Waals surface area (Å²) in [7, 11) is 0. The Morgan fingerprint density at radius 3 is 2.40 bits per heavy atom. The Balaban J connectivity index is 3.40. The van der Waals surface area contributed by atoms with E-state index < -0.39 is 18.8 Å². The second-order valence-corrected chi connectivity index (χ2v) is 1.71. The third-order valence-corrected chi connectivity index (χ3v) is 0.944. The zero-order valence-electron chi connectivity index (χ0n) is 5.23. The lowest BCUT2D eigenvalue weighted by Gasteiger charge is -2.12. The molecule has 0 saturated carbocycles. The molecule has 5 nitrogen and oxygen atoms in total. The third kappa shape index (κ3) is 3.39. The topological polar surface area (TPSA) is 87.0 Å². The highest BCUT2D eigenvalue weighted by atomic mass is 16.5. The predicted molar refractivity (Wildman–Crippen MR) is 30.7 cm³/mol. The van der Waals surface area contributed by atoms with E-state index in [2.05, 4.69) is 4.74 Å². The lowest BCUT2D eigenvalue weighted by atomic mass is 10.2. The van der Waals surface area contributed by atoms with Gasteiger partial charge in [0.1, 0.15) is 18.8 Å². The molecule has 0 aliphatic carbocycles. The number of aliphatic hydroxyl groups excluding tert-OH is 3. The summed E-state index contributed by atoms with van der Waals surface area (Å²) >= 11 is 0. The van der Waals surface area contributed by atoms with Gasteiger partial charge in [0.2, 0.25) is 0 Å². The minimum absolute atomic E-state index is 0.356. The van der Waals surface area contributed by atoms with E-state index in [4.69, 9.17) is 15.3 Å². The van der Waals surface area contributed by atoms with Crippen molar-refractivity contribution in [3.63, 3.8) is 0 Å². The van der Waals surface area contributed by atoms with Crippen LogP contribution in [0.5, 0.6) is 0 Å². The Labute approximate surface area is 57.9 Å². The normalized spacial score (nSPS) is 15.9. The lowest BCUT2D eigenvalue weighted by Crippen LogP contribution is -2.33. The van der Waals surface area contributed by atoms with E-state index in [1.54, 1.807) is 0 Å². The Morgan fingerprint density at radius 1 is 1.40 bits per heavy atom. The molecule has 59 valence electrons. The molecular formula is C5H9O5. The van der Waals surface area contributed by atoms with Gasteiger partial charge in [0.15, 0.2) is 0 Å². The summed E-state index contributed by atoms with van der Waals surface area (Å²) in [4.78, 5) is 9.42. The summed E-state index contributed by atoms with van der Waals surface area (Å²) in [5, 5.41) is 25.6. The first-order valence-electron chi connectivity index (χ1n) is 2.68. The molecule has 2 unspecified atom stereocenters. The average Bonchev–Trinajstić information content (AvgIpc) is 1.98. The predicted octanol–water partition coefficient (Wildman–Crippen LogP) is -2.22. The number of rotatable bonds is 5. The zero-order valence-corrected chi connectivity index (χ0v) is 5.23. The van der Waals surface area contributed by atoms with Crippen molar-refractivity contribution in [2.24, 2.45) is 0 Å². The van der Waals surface area contributed by atoms with E-state index in [1.807, 2.05) is 0 Å². The van der Waals surface area contributed by atoms with Gasteiger partial charge in [-0.1, -0.05) is 0 Å². The van der Waals surface area contributed by atoms with Crippen molar-refractivity contribution in [2.75, 3.05) is 13.2 Å². The zero-order chi connectivity index (χ0) is 7.98. The van der Waals surface area contributed by atoms with Gasteiger partial charge in [0.25, 0.3) is 0 Å². The van der Waals surface area contributed by atoms with Crippen LogP contribution in [0.15, 0.2) is 0 Å². The summed E-state index contributed by atoms with van der Waals surface area (Å²) in [6.07, 6.45) is -2.51. The summed E-state index contributed by atoms with van der Waals surface area (Å²) in [5.41, 5.74) is 0. The van der Waals surface area contributed by atoms with E-state index in [0.29, 0.717) is 0 Å². The van der Waals surface area contributed by atoms with E-state index in [0.717, 1.165) is 6.47 Å². The second kappa shape index (κ2) is 5.16. The van der Waals surface area contributed by atoms with Crippen molar-refractivity contribution < 1.29 is 24.9 Å². The highest BCUT2D eigenvalue weighted by Gasteiger charge is 2.14. The van der Waals surface area contributed by atoms with Gasteiger partial charge in [0.05, 0.1) is 6.61 Å². The van der Waals surface area contributed by atoms with E-state index in [9.17, 15) is 4.79 Å². The first-order valence-corrected chi connectivity index (χ1v) is 2.68. The maximum absolute atomic E-state index is 9.42. The number of carbonyl (C=O) groups excluding carboxylic acids is 1. The van der Waals surface area contributed by atoms with Crippen LogP contribution in [0, 0.1) is 0 Å². The van der Waals surface area contributed by atoms with Gasteiger partial charge < -0.3 is 20.1 Å². The van der Waals surface area contributed by atoms with E-state index in [1.165, 1.54) is 0 Å². The monoisotopic (exact) mass is 149 g/mol. The summed E-state index contributed by atoms with van der Waals surface area (Å²) in [5.74, 6) is 0. The molecule has 10 heavy (non-hydrogen) atoms. The Hall–Kier alpha value is -0.650. The van der Waals surface area contributed by atoms with Crippen molar-refractivity contribution in [3.8, 4) is 0 Å². The molecule has 3 N–H and O–H groups in total. The summed E-state index contributed by atoms with van der Waals surface area (Å²) < 4.78 is 3.99. The molecule has 0 rings (SSSR count). The van der Waals surface area contributed by atoms with Gasteiger partial charge in [-0.3, -0.25) is 0 Å². The molecule has 0 aromatic rings. The molecule has 0 aliphatic heterocycles. The Bertz CT molecular complexity index is 94.0. The van der Waals surface area contributed by atoms with Gasteiger partial charge in [0, 0.05) is 0 Å². The Morgan fingerprint density at radius 2 is 2.00 bits per heavy atom. The first-order chi connectivity index (χ1) is 4.72. The van der Waals surface area contributed by atoms with Crippen LogP contribution in [0.2, 0.25) is 0 Å². The van der Waals surface area contributed by atoms with Gasteiger partial charge in [-0.15, -0.1) is 0 Å². The van der Waals surface area contributed by atoms with Gasteiger partial charge >= 0.3 is 6.47 Å². The molecule has 0 aromatic carbocycles. The molecule has 2 atom stereocenters. The van der Waals surface area contributed by atoms with Crippen LogP contribution < -0.4 is 0 Å². The van der Waals surface area contributed by atoms with Crippen LogP contribution in [-0.4, -0.2) is 47.2 Å². The van der Waals surface area contributed by atoms with Crippen molar-refractivity contribution in [1.82, 2.24) is 0 Å². The van der Waals surface area contributed by atoms with Crippen LogP contribution in [0.4, 0.5) is 0 Å². The maximum atomic E-state index is 9.42. The molecule has 5 heteroatoms. The molecule has 0 aromatic heterocycles. The second-order valence-electron chi connectivity index (χ2n) is 1.71. The van der Waals surface area contributed by atoms with Gasteiger partial charge in [-0.25, -0.2) is 4.79 Å². The number of ether oxygens (including phenoxy) is 1. The minimum Gasteiger partial charge on any atom is -0.454 e. The molecule has 1 radical (unpaired) electrons. The highest BCUT2D eigenvalue weighted by Crippen LogP contribution is 1.91. The van der Waals surface area contributed by atoms with Crippen LogP contribution in [0.25, 0.3) is 0 Å². The van der Waals surface area contributed by atoms with Crippen molar-refractivity contribution in [3.05, 3.63) is 0 Å². The van der Waals surface area contributed by atoms with Gasteiger partial charge in [-0.2, -0.15) is 0 Å². The number of aliphatic hydroxyl groups is 3. The molecule has 0 heterocycles. The van der Waals surface area contributed by atoms with Crippen LogP contribution in [-0.2, 0) is 9.53 Å². The molecule has 0 amide bonds. The summed E-state index contributed by atoms with van der Waals surface area (Å²) in [6, 6.07) is 0. The number of hydrogen-bond acceptors (Lipinski definition) is 5. The maximum Gasteiger partial charge on any atom is 0.417 e. The molecule has 0 spiro atoms. The standard InChI is InChI=1S/C5H9O5/c6-1-4(8)5(9)2-10-3-7/h4-6,8-9H,1-2H2. The van der Waals surface area contributed by atoms with Crippen LogP contribution in [0.1, 0.15) is 0 Å². The number of hydrogen-bond donors (Lipinski definition) is 3. The van der Waals surface area contributed by atoms with E-state index >= 15 is 0 Å². The first kappa shape index (κ1) is 9.35. The Kier molecular flexibility index (Phi) is 4.82. The highest BCUT2D eigenvalue weighted by molar-refractivity contribution is 5.38. The van der Waals surface area contributed by atoms with E-state index in [-0.39, 0.29) is 6.61 Å². The van der Waals surface area contributed by atoms with Crippen molar-refractivity contribution in [1.29, 1.82) is 0 Å². The third-order valence-electron chi connectivity index (χ3n) is 0.944.